The van der Waals surface area contributed by atoms with E-state index in [0.29, 0.717) is 29.7 Å². The number of hydrogen-bond donors (Lipinski definition) is 0. The number of alkyl halides is 2. The maximum absolute atomic E-state index is 14.5. The molecule has 2 aromatic heterocycles. The third kappa shape index (κ3) is 3.32. The summed E-state index contributed by atoms with van der Waals surface area (Å²) >= 11 is 5.80. The molecule has 0 aliphatic carbocycles. The predicted molar refractivity (Wildman–Crippen MR) is 97.4 cm³/mol. The van der Waals surface area contributed by atoms with E-state index in [-0.39, 0.29) is 18.9 Å². The minimum atomic E-state index is -3.26. The number of halogens is 3. The van der Waals surface area contributed by atoms with Gasteiger partial charge < -0.3 is 4.90 Å². The van der Waals surface area contributed by atoms with E-state index in [4.69, 9.17) is 11.6 Å². The van der Waals surface area contributed by atoms with E-state index < -0.39 is 29.9 Å². The Kier molecular flexibility index (Phi) is 4.73. The van der Waals surface area contributed by atoms with Crippen molar-refractivity contribution in [3.05, 3.63) is 45.4 Å². The molecule has 0 bridgehead atoms. The van der Waals surface area contributed by atoms with Crippen molar-refractivity contribution < 1.29 is 13.6 Å². The van der Waals surface area contributed by atoms with E-state index in [1.54, 1.807) is 17.0 Å². The largest absolute Gasteiger partial charge is 0.347 e. The number of amides is 1. The van der Waals surface area contributed by atoms with Crippen LogP contribution in [0.2, 0.25) is 5.02 Å². The third-order valence-electron chi connectivity index (χ3n) is 5.36. The lowest BCUT2D eigenvalue weighted by Crippen LogP contribution is -2.44. The first kappa shape index (κ1) is 19.0. The highest BCUT2D eigenvalue weighted by atomic mass is 35.5. The molecule has 0 unspecified atom stereocenters. The van der Waals surface area contributed by atoms with Gasteiger partial charge in [0.1, 0.15) is 6.04 Å². The molecule has 28 heavy (non-hydrogen) atoms. The minimum Gasteiger partial charge on any atom is -0.341 e. The molecule has 2 aliphatic heterocycles. The molecule has 1 saturated heterocycles. The number of carbonyl (C=O) groups is 1. The number of aromatic nitrogens is 4. The third-order valence-corrected chi connectivity index (χ3v) is 5.59. The lowest BCUT2D eigenvalue weighted by atomic mass is 10.0. The van der Waals surface area contributed by atoms with E-state index in [2.05, 4.69) is 10.1 Å². The van der Waals surface area contributed by atoms with Gasteiger partial charge in [0, 0.05) is 25.7 Å². The summed E-state index contributed by atoms with van der Waals surface area (Å²) in [5, 5.41) is 4.30. The maximum Gasteiger partial charge on any atom is 0.347 e. The van der Waals surface area contributed by atoms with Gasteiger partial charge in [-0.3, -0.25) is 14.3 Å². The van der Waals surface area contributed by atoms with Crippen LogP contribution in [-0.2, 0) is 17.3 Å². The number of carbonyl (C=O) groups excluding carboxylic acids is 1. The van der Waals surface area contributed by atoms with Crippen molar-refractivity contribution in [1.82, 2.24) is 24.2 Å². The van der Waals surface area contributed by atoms with Crippen LogP contribution in [0.15, 0.2) is 23.1 Å². The predicted octanol–water partition coefficient (Wildman–Crippen LogP) is 2.44. The fourth-order valence-corrected chi connectivity index (χ4v) is 3.96. The van der Waals surface area contributed by atoms with Crippen LogP contribution in [0.1, 0.15) is 43.7 Å². The molecule has 0 radical (unpaired) electrons. The molecule has 0 N–H and O–H groups in total. The zero-order valence-corrected chi connectivity index (χ0v) is 16.1. The van der Waals surface area contributed by atoms with E-state index in [9.17, 15) is 18.4 Å². The van der Waals surface area contributed by atoms with Gasteiger partial charge in [-0.05, 0) is 30.9 Å². The number of likely N-dealkylation sites (tertiary alicyclic amines) is 1. The van der Waals surface area contributed by atoms with Gasteiger partial charge in [0.15, 0.2) is 0 Å². The van der Waals surface area contributed by atoms with Gasteiger partial charge >= 0.3 is 11.6 Å². The molecule has 2 aliphatic rings. The molecule has 0 spiro atoms. The number of nitrogens with zero attached hydrogens (tertiary/aromatic N) is 5. The summed E-state index contributed by atoms with van der Waals surface area (Å²) in [4.78, 5) is 31.5. The monoisotopic (exact) mass is 411 g/mol. The Labute approximate surface area is 164 Å². The standard InChI is InChI=1S/C18H20ClF2N5O2/c1-11-5-7-24(9-11)15(27)14-4-6-18(20,21)16-23-25(17(28)26(14)16)10-13-3-2-12(19)8-22-13/h2-3,8,11,14H,4-7,9-10H2,1H3/t11-,14-/m0/s1. The normalized spacial score (nSPS) is 23.6. The molecule has 0 aromatic carbocycles. The van der Waals surface area contributed by atoms with Gasteiger partial charge in [0.25, 0.3) is 0 Å². The highest BCUT2D eigenvalue weighted by molar-refractivity contribution is 6.30. The Hall–Kier alpha value is -2.29. The topological polar surface area (TPSA) is 73.0 Å². The summed E-state index contributed by atoms with van der Waals surface area (Å²) in [6.45, 7) is 3.13. The van der Waals surface area contributed by atoms with Gasteiger partial charge in [-0.2, -0.15) is 8.78 Å². The first-order valence-electron chi connectivity index (χ1n) is 9.23. The van der Waals surface area contributed by atoms with Crippen LogP contribution in [-0.4, -0.2) is 43.2 Å². The summed E-state index contributed by atoms with van der Waals surface area (Å²) in [5.41, 5.74) is -0.266. The molecule has 2 atom stereocenters. The fourth-order valence-electron chi connectivity index (χ4n) is 3.85. The van der Waals surface area contributed by atoms with Crippen molar-refractivity contribution >= 4 is 17.5 Å². The lowest BCUT2D eigenvalue weighted by Gasteiger charge is -2.30. The van der Waals surface area contributed by atoms with Crippen molar-refractivity contribution in [2.24, 2.45) is 5.92 Å². The highest BCUT2D eigenvalue weighted by Crippen LogP contribution is 2.40. The van der Waals surface area contributed by atoms with Crippen molar-refractivity contribution in [3.8, 4) is 0 Å². The molecule has 7 nitrogen and oxygen atoms in total. The van der Waals surface area contributed by atoms with E-state index in [0.717, 1.165) is 15.7 Å². The first-order chi connectivity index (χ1) is 13.3. The van der Waals surface area contributed by atoms with Crippen molar-refractivity contribution in [1.29, 1.82) is 0 Å². The zero-order valence-electron chi connectivity index (χ0n) is 15.3. The quantitative estimate of drug-likeness (QED) is 0.777. The van der Waals surface area contributed by atoms with Crippen LogP contribution < -0.4 is 5.69 Å². The number of fused-ring (bicyclic) bond motifs is 1. The van der Waals surface area contributed by atoms with Gasteiger partial charge in [0.2, 0.25) is 11.7 Å². The van der Waals surface area contributed by atoms with Gasteiger partial charge in [-0.1, -0.05) is 18.5 Å². The van der Waals surface area contributed by atoms with Crippen LogP contribution in [0, 0.1) is 5.92 Å². The van der Waals surface area contributed by atoms with Crippen molar-refractivity contribution in [2.75, 3.05) is 13.1 Å². The molecule has 10 heteroatoms. The average Bonchev–Trinajstić information content (AvgIpc) is 3.22. The lowest BCUT2D eigenvalue weighted by molar-refractivity contribution is -0.137. The average molecular weight is 412 g/mol. The number of pyridine rings is 1. The molecule has 0 saturated carbocycles. The van der Waals surface area contributed by atoms with Crippen LogP contribution in [0.4, 0.5) is 8.78 Å². The van der Waals surface area contributed by atoms with Crippen LogP contribution in [0.3, 0.4) is 0 Å². The Morgan fingerprint density at radius 1 is 1.36 bits per heavy atom. The summed E-state index contributed by atoms with van der Waals surface area (Å²) in [6, 6.07) is 2.25. The Morgan fingerprint density at radius 3 is 2.79 bits per heavy atom. The Morgan fingerprint density at radius 2 is 2.14 bits per heavy atom. The van der Waals surface area contributed by atoms with Crippen molar-refractivity contribution in [3.63, 3.8) is 0 Å². The smallest absolute Gasteiger partial charge is 0.341 e. The summed E-state index contributed by atoms with van der Waals surface area (Å²) in [7, 11) is 0. The maximum atomic E-state index is 14.5. The Bertz CT molecular complexity index is 956. The first-order valence-corrected chi connectivity index (χ1v) is 9.61. The van der Waals surface area contributed by atoms with Gasteiger partial charge in [-0.25, -0.2) is 9.48 Å². The summed E-state index contributed by atoms with van der Waals surface area (Å²) < 4.78 is 30.8. The molecular weight excluding hydrogens is 392 g/mol. The zero-order chi connectivity index (χ0) is 20.1. The molecule has 1 fully saturated rings. The molecule has 4 heterocycles. The molecule has 1 amide bonds. The van der Waals surface area contributed by atoms with E-state index >= 15 is 0 Å². The summed E-state index contributed by atoms with van der Waals surface area (Å²) in [6.07, 6.45) is 1.68. The Balaban J connectivity index is 1.70. The van der Waals surface area contributed by atoms with E-state index in [1.807, 2.05) is 6.92 Å². The molecule has 4 rings (SSSR count). The van der Waals surface area contributed by atoms with E-state index in [1.165, 1.54) is 6.20 Å². The van der Waals surface area contributed by atoms with Gasteiger partial charge in [0.05, 0.1) is 17.3 Å². The molecule has 2 aromatic rings. The second-order valence-electron chi connectivity index (χ2n) is 7.54. The fraction of sp³-hybridized carbons (Fsp3) is 0.556. The highest BCUT2D eigenvalue weighted by Gasteiger charge is 2.47. The van der Waals surface area contributed by atoms with Gasteiger partial charge in [-0.15, -0.1) is 5.10 Å². The molecular formula is C18H20ClF2N5O2. The summed E-state index contributed by atoms with van der Waals surface area (Å²) in [5.74, 6) is -3.83. The second kappa shape index (κ2) is 6.95. The minimum absolute atomic E-state index is 0.0757. The van der Waals surface area contributed by atoms with Crippen molar-refractivity contribution in [2.45, 2.75) is 44.7 Å². The second-order valence-corrected chi connectivity index (χ2v) is 7.98. The SMILES string of the molecule is C[C@H]1CCN(C(=O)[C@@H]2CCC(F)(F)c3nn(Cc4ccc(Cl)cn4)c(=O)n32)C1. The van der Waals surface area contributed by atoms with Crippen LogP contribution in [0.5, 0.6) is 0 Å². The number of rotatable bonds is 3. The van der Waals surface area contributed by atoms with Crippen LogP contribution in [0.25, 0.3) is 0 Å². The molecule has 150 valence electrons. The number of hydrogen-bond acceptors (Lipinski definition) is 4. The van der Waals surface area contributed by atoms with Crippen LogP contribution >= 0.6 is 11.6 Å².